The van der Waals surface area contributed by atoms with Gasteiger partial charge in [0, 0.05) is 26.0 Å². The van der Waals surface area contributed by atoms with Gasteiger partial charge in [-0.05, 0) is 0 Å². The molecule has 1 aliphatic rings. The molecule has 14 heavy (non-hydrogen) atoms. The average molecular weight is 196 g/mol. The maximum atomic E-state index is 9.49. The van der Waals surface area contributed by atoms with Crippen LogP contribution in [0, 0.1) is 0 Å². The van der Waals surface area contributed by atoms with Gasteiger partial charge in [-0.1, -0.05) is 0 Å². The maximum absolute atomic E-state index is 9.49. The van der Waals surface area contributed by atoms with Crippen LogP contribution in [0.5, 0.6) is 17.2 Å². The predicted octanol–water partition coefficient (Wildman–Crippen LogP) is 1.74. The first-order valence-corrected chi connectivity index (χ1v) is 4.36. The van der Waals surface area contributed by atoms with Crippen molar-refractivity contribution in [2.45, 2.75) is 26.2 Å². The molecule has 0 radical (unpaired) electrons. The van der Waals surface area contributed by atoms with Crippen LogP contribution in [0.1, 0.15) is 19.4 Å². The van der Waals surface area contributed by atoms with E-state index >= 15 is 0 Å². The third-order valence-electron chi connectivity index (χ3n) is 2.09. The smallest absolute Gasteiger partial charge is 0.205 e. The molecule has 0 spiro atoms. The van der Waals surface area contributed by atoms with Crippen molar-refractivity contribution < 1.29 is 19.7 Å². The van der Waals surface area contributed by atoms with Crippen molar-refractivity contribution in [3.8, 4) is 17.2 Å². The Bertz CT molecular complexity index is 371. The van der Waals surface area contributed by atoms with Gasteiger partial charge >= 0.3 is 0 Å². The second-order valence-electron chi connectivity index (χ2n) is 3.73. The highest BCUT2D eigenvalue weighted by atomic mass is 16.7. The summed E-state index contributed by atoms with van der Waals surface area (Å²) in [6, 6.07) is 2.74. The summed E-state index contributed by atoms with van der Waals surface area (Å²) in [5, 5.41) is 18.7. The van der Waals surface area contributed by atoms with Crippen LogP contribution in [0.25, 0.3) is 0 Å². The Hall–Kier alpha value is -1.42. The van der Waals surface area contributed by atoms with Crippen LogP contribution in [0.15, 0.2) is 12.1 Å². The molecule has 0 bridgehead atoms. The summed E-state index contributed by atoms with van der Waals surface area (Å²) in [7, 11) is 0. The average Bonchev–Trinajstić information content (AvgIpc) is 2.00. The molecule has 0 saturated carbocycles. The highest BCUT2D eigenvalue weighted by Crippen LogP contribution is 2.39. The summed E-state index contributed by atoms with van der Waals surface area (Å²) in [6.07, 6.45) is 0. The number of benzene rings is 1. The highest BCUT2D eigenvalue weighted by molar-refractivity contribution is 5.49. The SMILES string of the molecule is CC1(C)OCc2c(O)cc(O)cc2O1. The van der Waals surface area contributed by atoms with Crippen molar-refractivity contribution in [1.82, 2.24) is 0 Å². The molecule has 1 aromatic rings. The summed E-state index contributed by atoms with van der Waals surface area (Å²) in [6.45, 7) is 3.84. The third-order valence-corrected chi connectivity index (χ3v) is 2.09. The second-order valence-corrected chi connectivity index (χ2v) is 3.73. The lowest BCUT2D eigenvalue weighted by molar-refractivity contribution is -0.180. The molecule has 76 valence electrons. The van der Waals surface area contributed by atoms with E-state index in [0.717, 1.165) is 0 Å². The van der Waals surface area contributed by atoms with Crippen molar-refractivity contribution >= 4 is 0 Å². The summed E-state index contributed by atoms with van der Waals surface area (Å²) in [5.74, 6) is -0.263. The number of hydrogen-bond acceptors (Lipinski definition) is 4. The van der Waals surface area contributed by atoms with E-state index in [9.17, 15) is 10.2 Å². The van der Waals surface area contributed by atoms with E-state index in [-0.39, 0.29) is 18.1 Å². The summed E-state index contributed by atoms with van der Waals surface area (Å²) >= 11 is 0. The number of aromatic hydroxyl groups is 2. The molecule has 1 heterocycles. The van der Waals surface area contributed by atoms with Crippen molar-refractivity contribution in [3.63, 3.8) is 0 Å². The lowest BCUT2D eigenvalue weighted by Gasteiger charge is -2.32. The quantitative estimate of drug-likeness (QED) is 0.663. The lowest BCUT2D eigenvalue weighted by Crippen LogP contribution is -2.35. The normalized spacial score (nSPS) is 18.4. The molecule has 0 fully saturated rings. The molecular formula is C10H12O4. The van der Waals surface area contributed by atoms with Crippen LogP contribution in [-0.4, -0.2) is 16.0 Å². The third kappa shape index (κ3) is 1.48. The molecule has 0 amide bonds. The number of rotatable bonds is 0. The van der Waals surface area contributed by atoms with Crippen molar-refractivity contribution in [2.24, 2.45) is 0 Å². The molecule has 0 atom stereocenters. The molecule has 4 nitrogen and oxygen atoms in total. The molecule has 2 rings (SSSR count). The standard InChI is InChI=1S/C10H12O4/c1-10(2)13-5-7-8(12)3-6(11)4-9(7)14-10/h3-4,11-12H,5H2,1-2H3. The fourth-order valence-electron chi connectivity index (χ4n) is 1.39. The fraction of sp³-hybridized carbons (Fsp3) is 0.400. The Morgan fingerprint density at radius 2 is 2.00 bits per heavy atom. The number of fused-ring (bicyclic) bond motifs is 1. The number of phenols is 2. The summed E-state index contributed by atoms with van der Waals surface area (Å²) in [4.78, 5) is 0. The Kier molecular flexibility index (Phi) is 1.82. The monoisotopic (exact) mass is 196 g/mol. The van der Waals surface area contributed by atoms with Crippen LogP contribution in [0.4, 0.5) is 0 Å². The molecule has 0 saturated heterocycles. The Morgan fingerprint density at radius 1 is 1.29 bits per heavy atom. The van der Waals surface area contributed by atoms with Crippen molar-refractivity contribution in [3.05, 3.63) is 17.7 Å². The van der Waals surface area contributed by atoms with E-state index in [1.165, 1.54) is 12.1 Å². The predicted molar refractivity (Wildman–Crippen MR) is 49.3 cm³/mol. The van der Waals surface area contributed by atoms with Gasteiger partial charge < -0.3 is 19.7 Å². The minimum Gasteiger partial charge on any atom is -0.508 e. The molecule has 2 N–H and O–H groups in total. The van der Waals surface area contributed by atoms with Crippen LogP contribution >= 0.6 is 0 Å². The van der Waals surface area contributed by atoms with Crippen molar-refractivity contribution in [2.75, 3.05) is 0 Å². The second kappa shape index (κ2) is 2.78. The van der Waals surface area contributed by atoms with Gasteiger partial charge in [-0.15, -0.1) is 0 Å². The van der Waals surface area contributed by atoms with Gasteiger partial charge in [0.05, 0.1) is 12.2 Å². The van der Waals surface area contributed by atoms with Crippen LogP contribution in [-0.2, 0) is 11.3 Å². The van der Waals surface area contributed by atoms with Gasteiger partial charge in [0.15, 0.2) is 0 Å². The zero-order valence-electron chi connectivity index (χ0n) is 8.07. The zero-order chi connectivity index (χ0) is 10.3. The summed E-state index contributed by atoms with van der Waals surface area (Å²) < 4.78 is 10.8. The van der Waals surface area contributed by atoms with Crippen molar-refractivity contribution in [1.29, 1.82) is 0 Å². The van der Waals surface area contributed by atoms with Gasteiger partial charge in [-0.25, -0.2) is 0 Å². The van der Waals surface area contributed by atoms with E-state index < -0.39 is 5.79 Å². The molecule has 4 heteroatoms. The Labute approximate surface area is 81.7 Å². The lowest BCUT2D eigenvalue weighted by atomic mass is 10.1. The van der Waals surface area contributed by atoms with Gasteiger partial charge in [-0.3, -0.25) is 0 Å². The van der Waals surface area contributed by atoms with Crippen LogP contribution in [0.3, 0.4) is 0 Å². The topological polar surface area (TPSA) is 58.9 Å². The molecule has 0 aromatic heterocycles. The van der Waals surface area contributed by atoms with E-state index in [1.54, 1.807) is 13.8 Å². The first-order valence-electron chi connectivity index (χ1n) is 4.36. The molecule has 1 aliphatic heterocycles. The first-order chi connectivity index (χ1) is 6.48. The fourth-order valence-corrected chi connectivity index (χ4v) is 1.39. The molecule has 1 aromatic carbocycles. The van der Waals surface area contributed by atoms with E-state index in [1.807, 2.05) is 0 Å². The highest BCUT2D eigenvalue weighted by Gasteiger charge is 2.29. The Balaban J connectivity index is 2.47. The van der Waals surface area contributed by atoms with Gasteiger partial charge in [0.25, 0.3) is 0 Å². The van der Waals surface area contributed by atoms with E-state index in [2.05, 4.69) is 0 Å². The van der Waals surface area contributed by atoms with Crippen LogP contribution < -0.4 is 4.74 Å². The molecule has 0 unspecified atom stereocenters. The minimum atomic E-state index is -0.715. The molecule has 0 aliphatic carbocycles. The maximum Gasteiger partial charge on any atom is 0.205 e. The minimum absolute atomic E-state index is 0.00417. The van der Waals surface area contributed by atoms with Gasteiger partial charge in [-0.2, -0.15) is 0 Å². The zero-order valence-corrected chi connectivity index (χ0v) is 8.07. The van der Waals surface area contributed by atoms with Gasteiger partial charge in [0.2, 0.25) is 5.79 Å². The van der Waals surface area contributed by atoms with E-state index in [4.69, 9.17) is 9.47 Å². The summed E-state index contributed by atoms with van der Waals surface area (Å²) in [5.41, 5.74) is 0.571. The Morgan fingerprint density at radius 3 is 2.71 bits per heavy atom. The number of phenolic OH excluding ortho intramolecular Hbond substituents is 2. The number of ether oxygens (including phenoxy) is 2. The van der Waals surface area contributed by atoms with Crippen LogP contribution in [0.2, 0.25) is 0 Å². The number of hydrogen-bond donors (Lipinski definition) is 2. The largest absolute Gasteiger partial charge is 0.508 e. The molecular weight excluding hydrogens is 184 g/mol. The van der Waals surface area contributed by atoms with E-state index in [0.29, 0.717) is 11.3 Å². The van der Waals surface area contributed by atoms with Gasteiger partial charge in [0.1, 0.15) is 17.2 Å². The first kappa shape index (κ1) is 9.15.